The van der Waals surface area contributed by atoms with Crippen LogP contribution in [0, 0.1) is 0 Å². The van der Waals surface area contributed by atoms with Crippen LogP contribution in [0.2, 0.25) is 0 Å². The number of aromatic nitrogens is 4. The number of pyridine rings is 2. The molecule has 8 heteroatoms. The SMILES string of the molecule is CN1CCN(c2cc(C(=O)Nc3cc4cc(-c5ccn(C)n5)ccc4cn3)ccn2)CC1. The zero-order valence-corrected chi connectivity index (χ0v) is 18.2. The number of aryl methyl sites for hydroxylation is 1. The van der Waals surface area contributed by atoms with E-state index in [1.54, 1.807) is 23.1 Å². The smallest absolute Gasteiger partial charge is 0.257 e. The molecule has 1 saturated heterocycles. The van der Waals surface area contributed by atoms with Gasteiger partial charge in [0, 0.05) is 68.3 Å². The second kappa shape index (κ2) is 8.39. The maximum atomic E-state index is 12.9. The molecule has 162 valence electrons. The molecule has 0 aliphatic carbocycles. The molecule has 1 aliphatic heterocycles. The monoisotopic (exact) mass is 427 g/mol. The third-order valence-corrected chi connectivity index (χ3v) is 5.81. The maximum Gasteiger partial charge on any atom is 0.257 e. The van der Waals surface area contributed by atoms with Gasteiger partial charge in [0.1, 0.15) is 11.6 Å². The van der Waals surface area contributed by atoms with E-state index >= 15 is 0 Å². The molecule has 5 rings (SSSR count). The average Bonchev–Trinajstić information content (AvgIpc) is 3.25. The molecular formula is C24H25N7O. The van der Waals surface area contributed by atoms with Crippen molar-refractivity contribution in [1.29, 1.82) is 0 Å². The Hall–Kier alpha value is -3.78. The summed E-state index contributed by atoms with van der Waals surface area (Å²) in [6.45, 7) is 3.78. The highest BCUT2D eigenvalue weighted by Crippen LogP contribution is 2.24. The Balaban J connectivity index is 1.36. The van der Waals surface area contributed by atoms with Crippen LogP contribution >= 0.6 is 0 Å². The first-order valence-electron chi connectivity index (χ1n) is 10.7. The van der Waals surface area contributed by atoms with Gasteiger partial charge in [-0.2, -0.15) is 5.10 Å². The molecule has 0 saturated carbocycles. The number of hydrogen-bond acceptors (Lipinski definition) is 6. The van der Waals surface area contributed by atoms with Crippen LogP contribution < -0.4 is 10.2 Å². The Morgan fingerprint density at radius 3 is 2.56 bits per heavy atom. The highest BCUT2D eigenvalue weighted by Gasteiger charge is 2.17. The molecule has 3 aromatic heterocycles. The van der Waals surface area contributed by atoms with Crippen LogP contribution in [0.15, 0.2) is 61.1 Å². The summed E-state index contributed by atoms with van der Waals surface area (Å²) in [5.74, 6) is 1.14. The summed E-state index contributed by atoms with van der Waals surface area (Å²) in [6.07, 6.45) is 5.38. The van der Waals surface area contributed by atoms with Crippen molar-refractivity contribution in [1.82, 2.24) is 24.6 Å². The van der Waals surface area contributed by atoms with E-state index in [9.17, 15) is 4.79 Å². The van der Waals surface area contributed by atoms with Crippen molar-refractivity contribution < 1.29 is 4.79 Å². The van der Waals surface area contributed by atoms with E-state index in [-0.39, 0.29) is 5.91 Å². The molecule has 0 bridgehead atoms. The lowest BCUT2D eigenvalue weighted by molar-refractivity contribution is 0.102. The quantitative estimate of drug-likeness (QED) is 0.539. The molecule has 1 N–H and O–H groups in total. The Morgan fingerprint density at radius 1 is 0.938 bits per heavy atom. The number of fused-ring (bicyclic) bond motifs is 1. The molecule has 0 spiro atoms. The van der Waals surface area contributed by atoms with Crippen LogP contribution in [0.1, 0.15) is 10.4 Å². The molecule has 1 aliphatic rings. The van der Waals surface area contributed by atoms with Gasteiger partial charge in [-0.05, 0) is 42.8 Å². The minimum absolute atomic E-state index is 0.199. The second-order valence-electron chi connectivity index (χ2n) is 8.15. The molecular weight excluding hydrogens is 402 g/mol. The molecule has 1 amide bonds. The van der Waals surface area contributed by atoms with Crippen molar-refractivity contribution in [3.05, 3.63) is 66.6 Å². The van der Waals surface area contributed by atoms with Crippen LogP contribution in [0.25, 0.3) is 22.0 Å². The van der Waals surface area contributed by atoms with Crippen molar-refractivity contribution in [3.8, 4) is 11.3 Å². The fraction of sp³-hybridized carbons (Fsp3) is 0.250. The van der Waals surface area contributed by atoms with Gasteiger partial charge >= 0.3 is 0 Å². The van der Waals surface area contributed by atoms with Gasteiger partial charge in [-0.15, -0.1) is 0 Å². The van der Waals surface area contributed by atoms with E-state index in [0.717, 1.165) is 54.0 Å². The molecule has 1 aromatic carbocycles. The van der Waals surface area contributed by atoms with Gasteiger partial charge in [0.05, 0.1) is 5.69 Å². The number of nitrogens with one attached hydrogen (secondary N) is 1. The van der Waals surface area contributed by atoms with Crippen LogP contribution in [0.4, 0.5) is 11.6 Å². The van der Waals surface area contributed by atoms with Crippen molar-refractivity contribution in [3.63, 3.8) is 0 Å². The highest BCUT2D eigenvalue weighted by atomic mass is 16.1. The normalized spacial score (nSPS) is 14.6. The Morgan fingerprint density at radius 2 is 1.78 bits per heavy atom. The highest BCUT2D eigenvalue weighted by molar-refractivity contribution is 6.05. The fourth-order valence-corrected chi connectivity index (χ4v) is 3.89. The molecule has 0 atom stereocenters. The van der Waals surface area contributed by atoms with Gasteiger partial charge < -0.3 is 15.1 Å². The number of rotatable bonds is 4. The lowest BCUT2D eigenvalue weighted by Crippen LogP contribution is -2.44. The Bertz CT molecular complexity index is 1270. The summed E-state index contributed by atoms with van der Waals surface area (Å²) in [7, 11) is 4.01. The van der Waals surface area contributed by atoms with Gasteiger partial charge in [0.25, 0.3) is 5.91 Å². The molecule has 4 aromatic rings. The Labute approximate surface area is 186 Å². The number of benzene rings is 1. The minimum atomic E-state index is -0.199. The number of hydrogen-bond donors (Lipinski definition) is 1. The van der Waals surface area contributed by atoms with Gasteiger partial charge in [0.15, 0.2) is 0 Å². The third-order valence-electron chi connectivity index (χ3n) is 5.81. The number of carbonyl (C=O) groups is 1. The summed E-state index contributed by atoms with van der Waals surface area (Å²) in [5, 5.41) is 9.39. The zero-order valence-electron chi connectivity index (χ0n) is 18.2. The van der Waals surface area contributed by atoms with Crippen LogP contribution in [0.3, 0.4) is 0 Å². The van der Waals surface area contributed by atoms with E-state index in [1.807, 2.05) is 43.6 Å². The summed E-state index contributed by atoms with van der Waals surface area (Å²) in [6, 6.07) is 13.6. The summed E-state index contributed by atoms with van der Waals surface area (Å²) in [5.41, 5.74) is 2.50. The predicted molar refractivity (Wildman–Crippen MR) is 126 cm³/mol. The molecule has 1 fully saturated rings. The zero-order chi connectivity index (χ0) is 22.1. The number of amides is 1. The van der Waals surface area contributed by atoms with Gasteiger partial charge in [-0.1, -0.05) is 12.1 Å². The van der Waals surface area contributed by atoms with Gasteiger partial charge in [-0.25, -0.2) is 9.97 Å². The fourth-order valence-electron chi connectivity index (χ4n) is 3.89. The van der Waals surface area contributed by atoms with Crippen LogP contribution in [-0.2, 0) is 7.05 Å². The predicted octanol–water partition coefficient (Wildman–Crippen LogP) is 3.03. The summed E-state index contributed by atoms with van der Waals surface area (Å²) >= 11 is 0. The third kappa shape index (κ3) is 4.17. The van der Waals surface area contributed by atoms with Crippen molar-refractivity contribution >= 4 is 28.3 Å². The van der Waals surface area contributed by atoms with Crippen molar-refractivity contribution in [2.24, 2.45) is 7.05 Å². The lowest BCUT2D eigenvalue weighted by atomic mass is 10.1. The largest absolute Gasteiger partial charge is 0.354 e. The molecule has 8 nitrogen and oxygen atoms in total. The lowest BCUT2D eigenvalue weighted by Gasteiger charge is -2.33. The van der Waals surface area contributed by atoms with Crippen LogP contribution in [0.5, 0.6) is 0 Å². The Kier molecular flexibility index (Phi) is 5.28. The van der Waals surface area contributed by atoms with Crippen LogP contribution in [-0.4, -0.2) is 63.8 Å². The summed E-state index contributed by atoms with van der Waals surface area (Å²) < 4.78 is 1.78. The molecule has 32 heavy (non-hydrogen) atoms. The number of nitrogens with zero attached hydrogens (tertiary/aromatic N) is 6. The molecule has 0 unspecified atom stereocenters. The standard InChI is InChI=1S/C24H25N7O/c1-29-9-11-31(12-10-29)23-15-18(5-7-25-23)24(32)27-22-14-20-13-17(3-4-19(20)16-26-22)21-6-8-30(2)28-21/h3-8,13-16H,9-12H2,1-2H3,(H,26,27,32). The second-order valence-corrected chi connectivity index (χ2v) is 8.15. The first kappa shape index (κ1) is 20.1. The number of likely N-dealkylation sites (N-methyl/N-ethyl adjacent to an activating group) is 1. The topological polar surface area (TPSA) is 79.2 Å². The van der Waals surface area contributed by atoms with E-state index in [0.29, 0.717) is 11.4 Å². The van der Waals surface area contributed by atoms with Gasteiger partial charge in [0.2, 0.25) is 0 Å². The van der Waals surface area contributed by atoms with E-state index < -0.39 is 0 Å². The first-order chi connectivity index (χ1) is 15.5. The molecule has 0 radical (unpaired) electrons. The average molecular weight is 428 g/mol. The van der Waals surface area contributed by atoms with Crippen molar-refractivity contribution in [2.45, 2.75) is 0 Å². The first-order valence-corrected chi connectivity index (χ1v) is 10.7. The number of piperazine rings is 1. The van der Waals surface area contributed by atoms with E-state index in [4.69, 9.17) is 0 Å². The van der Waals surface area contributed by atoms with Crippen molar-refractivity contribution in [2.75, 3.05) is 43.4 Å². The number of anilines is 2. The molecule has 4 heterocycles. The maximum absolute atomic E-state index is 12.9. The minimum Gasteiger partial charge on any atom is -0.354 e. The van der Waals surface area contributed by atoms with Gasteiger partial charge in [-0.3, -0.25) is 9.48 Å². The van der Waals surface area contributed by atoms with E-state index in [1.165, 1.54) is 0 Å². The number of carbonyl (C=O) groups excluding carboxylic acids is 1. The summed E-state index contributed by atoms with van der Waals surface area (Å²) in [4.78, 5) is 26.3. The van der Waals surface area contributed by atoms with E-state index in [2.05, 4.69) is 43.3 Å².